The van der Waals surface area contributed by atoms with Crippen molar-refractivity contribution in [2.75, 3.05) is 5.32 Å². The molecule has 4 rings (SSSR count). The fraction of sp³-hybridized carbons (Fsp3) is 0.0909. The van der Waals surface area contributed by atoms with Crippen LogP contribution >= 0.6 is 11.6 Å². The number of nitrogens with one attached hydrogen (secondary N) is 1. The molecule has 1 N–H and O–H groups in total. The lowest BCUT2D eigenvalue weighted by Gasteiger charge is -2.09. The number of anilines is 1. The number of rotatable bonds is 3. The van der Waals surface area contributed by atoms with Crippen molar-refractivity contribution in [1.82, 2.24) is 4.98 Å². The molecule has 1 aromatic heterocycles. The summed E-state index contributed by atoms with van der Waals surface area (Å²) in [4.78, 5) is 17.0. The lowest BCUT2D eigenvalue weighted by molar-refractivity contribution is 0.102. The summed E-state index contributed by atoms with van der Waals surface area (Å²) >= 11 is 6.34. The number of aromatic nitrogens is 1. The highest BCUT2D eigenvalue weighted by atomic mass is 35.5. The molecule has 0 saturated heterocycles. The van der Waals surface area contributed by atoms with Gasteiger partial charge in [0.2, 0.25) is 5.89 Å². The minimum atomic E-state index is -0.177. The number of amides is 1. The predicted molar refractivity (Wildman–Crippen MR) is 108 cm³/mol. The van der Waals surface area contributed by atoms with Crippen LogP contribution in [0.4, 0.5) is 5.69 Å². The molecule has 0 radical (unpaired) electrons. The number of benzene rings is 3. The summed E-state index contributed by atoms with van der Waals surface area (Å²) in [7, 11) is 0. The Bertz CT molecular complexity index is 1130. The number of aryl methyl sites for hydroxylation is 2. The van der Waals surface area contributed by atoms with E-state index in [2.05, 4.69) is 10.3 Å². The van der Waals surface area contributed by atoms with Gasteiger partial charge in [0.1, 0.15) is 5.52 Å². The summed E-state index contributed by atoms with van der Waals surface area (Å²) < 4.78 is 5.80. The molecule has 0 unspecified atom stereocenters. The third-order valence-corrected chi connectivity index (χ3v) is 4.85. The van der Waals surface area contributed by atoms with Crippen LogP contribution in [0.2, 0.25) is 5.02 Å². The Morgan fingerprint density at radius 2 is 1.81 bits per heavy atom. The van der Waals surface area contributed by atoms with Crippen molar-refractivity contribution < 1.29 is 9.21 Å². The number of carbonyl (C=O) groups is 1. The van der Waals surface area contributed by atoms with Gasteiger partial charge in [-0.2, -0.15) is 0 Å². The van der Waals surface area contributed by atoms with Gasteiger partial charge in [0, 0.05) is 11.3 Å². The zero-order chi connectivity index (χ0) is 19.0. The molecule has 4 aromatic rings. The molecule has 0 bridgehead atoms. The van der Waals surface area contributed by atoms with Crippen molar-refractivity contribution in [1.29, 1.82) is 0 Å². The third-order valence-electron chi connectivity index (χ3n) is 4.52. The van der Waals surface area contributed by atoms with Crippen molar-refractivity contribution in [2.24, 2.45) is 0 Å². The summed E-state index contributed by atoms with van der Waals surface area (Å²) in [5, 5.41) is 3.41. The topological polar surface area (TPSA) is 55.1 Å². The zero-order valence-electron chi connectivity index (χ0n) is 14.9. The standard InChI is InChI=1S/C22H17ClN2O2/c1-13-7-8-15(11-14(13)2)21(26)24-16-9-10-18(23)17(12-16)22-25-19-5-3-4-6-20(19)27-22/h3-12H,1-2H3,(H,24,26). The Kier molecular flexibility index (Phi) is 4.42. The molecule has 0 spiro atoms. The predicted octanol–water partition coefficient (Wildman–Crippen LogP) is 6.02. The molecule has 0 aliphatic heterocycles. The second-order valence-electron chi connectivity index (χ2n) is 6.43. The number of hydrogen-bond acceptors (Lipinski definition) is 3. The van der Waals surface area contributed by atoms with Crippen LogP contribution in [0.5, 0.6) is 0 Å². The van der Waals surface area contributed by atoms with Crippen LogP contribution in [0.3, 0.4) is 0 Å². The van der Waals surface area contributed by atoms with Crippen molar-refractivity contribution in [2.45, 2.75) is 13.8 Å². The Morgan fingerprint density at radius 1 is 1.00 bits per heavy atom. The van der Waals surface area contributed by atoms with Gasteiger partial charge >= 0.3 is 0 Å². The largest absolute Gasteiger partial charge is 0.436 e. The van der Waals surface area contributed by atoms with Crippen molar-refractivity contribution >= 4 is 34.3 Å². The van der Waals surface area contributed by atoms with E-state index in [1.807, 2.05) is 56.3 Å². The number of hydrogen-bond donors (Lipinski definition) is 1. The lowest BCUT2D eigenvalue weighted by Crippen LogP contribution is -2.12. The van der Waals surface area contributed by atoms with Gasteiger partial charge in [-0.05, 0) is 67.4 Å². The Labute approximate surface area is 161 Å². The highest BCUT2D eigenvalue weighted by Gasteiger charge is 2.14. The van der Waals surface area contributed by atoms with Crippen LogP contribution in [-0.4, -0.2) is 10.9 Å². The van der Waals surface area contributed by atoms with Gasteiger partial charge in [0.15, 0.2) is 5.58 Å². The van der Waals surface area contributed by atoms with Gasteiger partial charge in [-0.3, -0.25) is 4.79 Å². The molecular formula is C22H17ClN2O2. The molecule has 27 heavy (non-hydrogen) atoms. The number of carbonyl (C=O) groups excluding carboxylic acids is 1. The number of halogens is 1. The van der Waals surface area contributed by atoms with Gasteiger partial charge in [-0.15, -0.1) is 0 Å². The molecule has 3 aromatic carbocycles. The number of oxazole rings is 1. The number of nitrogens with zero attached hydrogens (tertiary/aromatic N) is 1. The zero-order valence-corrected chi connectivity index (χ0v) is 15.7. The maximum absolute atomic E-state index is 12.6. The first-order valence-corrected chi connectivity index (χ1v) is 8.93. The summed E-state index contributed by atoms with van der Waals surface area (Å²) in [5.74, 6) is 0.243. The first kappa shape index (κ1) is 17.3. The molecule has 0 atom stereocenters. The molecule has 5 heteroatoms. The molecular weight excluding hydrogens is 360 g/mol. The van der Waals surface area contributed by atoms with Gasteiger partial charge in [0.25, 0.3) is 5.91 Å². The van der Waals surface area contributed by atoms with Crippen molar-refractivity contribution in [3.05, 3.63) is 82.4 Å². The molecule has 1 amide bonds. The first-order chi connectivity index (χ1) is 13.0. The highest BCUT2D eigenvalue weighted by molar-refractivity contribution is 6.33. The van der Waals surface area contributed by atoms with Crippen LogP contribution in [0.1, 0.15) is 21.5 Å². The molecule has 0 fully saturated rings. The maximum atomic E-state index is 12.6. The number of fused-ring (bicyclic) bond motifs is 1. The van der Waals surface area contributed by atoms with E-state index in [4.69, 9.17) is 16.0 Å². The summed E-state index contributed by atoms with van der Waals surface area (Å²) in [6.07, 6.45) is 0. The van der Waals surface area contributed by atoms with Gasteiger partial charge in [0.05, 0.1) is 10.6 Å². The normalized spacial score (nSPS) is 10.9. The van der Waals surface area contributed by atoms with Crippen molar-refractivity contribution in [3.63, 3.8) is 0 Å². The quantitative estimate of drug-likeness (QED) is 0.475. The molecule has 1 heterocycles. The smallest absolute Gasteiger partial charge is 0.255 e. The van der Waals surface area contributed by atoms with Crippen LogP contribution in [0.15, 0.2) is 65.1 Å². The highest BCUT2D eigenvalue weighted by Crippen LogP contribution is 2.32. The van der Waals surface area contributed by atoms with Crippen LogP contribution < -0.4 is 5.32 Å². The van der Waals surface area contributed by atoms with Crippen LogP contribution in [0.25, 0.3) is 22.6 Å². The average Bonchev–Trinajstić information content (AvgIpc) is 3.09. The van der Waals surface area contributed by atoms with Crippen LogP contribution in [-0.2, 0) is 0 Å². The van der Waals surface area contributed by atoms with E-state index in [1.54, 1.807) is 18.2 Å². The van der Waals surface area contributed by atoms with E-state index in [1.165, 1.54) is 0 Å². The SMILES string of the molecule is Cc1ccc(C(=O)Nc2ccc(Cl)c(-c3nc4ccccc4o3)c2)cc1C. The number of para-hydroxylation sites is 2. The summed E-state index contributed by atoms with van der Waals surface area (Å²) in [6, 6.07) is 18.4. The molecule has 0 saturated carbocycles. The molecule has 4 nitrogen and oxygen atoms in total. The van der Waals surface area contributed by atoms with E-state index in [0.29, 0.717) is 33.3 Å². The van der Waals surface area contributed by atoms with Gasteiger partial charge in [-0.25, -0.2) is 4.98 Å². The average molecular weight is 377 g/mol. The van der Waals surface area contributed by atoms with E-state index in [0.717, 1.165) is 16.6 Å². The lowest BCUT2D eigenvalue weighted by atomic mass is 10.1. The monoisotopic (exact) mass is 376 g/mol. The van der Waals surface area contributed by atoms with E-state index < -0.39 is 0 Å². The Balaban J connectivity index is 1.65. The second-order valence-corrected chi connectivity index (χ2v) is 6.84. The third kappa shape index (κ3) is 3.44. The second kappa shape index (κ2) is 6.89. The Hall–Kier alpha value is -3.11. The van der Waals surface area contributed by atoms with Gasteiger partial charge < -0.3 is 9.73 Å². The summed E-state index contributed by atoms with van der Waals surface area (Å²) in [6.45, 7) is 4.00. The Morgan fingerprint density at radius 3 is 2.59 bits per heavy atom. The molecule has 0 aliphatic carbocycles. The fourth-order valence-electron chi connectivity index (χ4n) is 2.84. The minimum absolute atomic E-state index is 0.177. The summed E-state index contributed by atoms with van der Waals surface area (Å²) in [5.41, 5.74) is 5.53. The van der Waals surface area contributed by atoms with E-state index >= 15 is 0 Å². The first-order valence-electron chi connectivity index (χ1n) is 8.55. The van der Waals surface area contributed by atoms with E-state index in [9.17, 15) is 4.79 Å². The van der Waals surface area contributed by atoms with Crippen molar-refractivity contribution in [3.8, 4) is 11.5 Å². The van der Waals surface area contributed by atoms with Gasteiger partial charge in [-0.1, -0.05) is 29.8 Å². The van der Waals surface area contributed by atoms with E-state index in [-0.39, 0.29) is 5.91 Å². The minimum Gasteiger partial charge on any atom is -0.436 e. The molecule has 0 aliphatic rings. The maximum Gasteiger partial charge on any atom is 0.255 e. The molecule has 134 valence electrons. The fourth-order valence-corrected chi connectivity index (χ4v) is 3.04. The van der Waals surface area contributed by atoms with Crippen LogP contribution in [0, 0.1) is 13.8 Å².